The van der Waals surface area contributed by atoms with Gasteiger partial charge in [0.15, 0.2) is 0 Å². The highest BCUT2D eigenvalue weighted by Gasteiger charge is 2.22. The van der Waals surface area contributed by atoms with Crippen LogP contribution in [0.1, 0.15) is 44.7 Å². The van der Waals surface area contributed by atoms with Crippen molar-refractivity contribution in [1.29, 1.82) is 0 Å². The van der Waals surface area contributed by atoms with E-state index in [9.17, 15) is 0 Å². The van der Waals surface area contributed by atoms with Crippen molar-refractivity contribution in [3.8, 4) is 0 Å². The van der Waals surface area contributed by atoms with Gasteiger partial charge in [0.25, 0.3) is 0 Å². The van der Waals surface area contributed by atoms with Crippen LogP contribution >= 0.6 is 0 Å². The molecule has 1 saturated carbocycles. The molecule has 1 nitrogen and oxygen atoms in total. The van der Waals surface area contributed by atoms with E-state index in [-0.39, 0.29) is 5.41 Å². The summed E-state index contributed by atoms with van der Waals surface area (Å²) in [5.41, 5.74) is 4.34. The summed E-state index contributed by atoms with van der Waals surface area (Å²) in [6, 6.07) is 7.52. The second-order valence-electron chi connectivity index (χ2n) is 5.70. The van der Waals surface area contributed by atoms with Gasteiger partial charge >= 0.3 is 0 Å². The summed E-state index contributed by atoms with van der Waals surface area (Å²) in [6.07, 6.45) is 2.67. The predicted molar refractivity (Wildman–Crippen MR) is 66.5 cm³/mol. The lowest BCUT2D eigenvalue weighted by Gasteiger charge is -2.21. The van der Waals surface area contributed by atoms with Crippen LogP contribution in [0.3, 0.4) is 0 Å². The monoisotopic (exact) mass is 203 g/mol. The van der Waals surface area contributed by atoms with Crippen LogP contribution < -0.4 is 5.32 Å². The Balaban J connectivity index is 2.27. The molecular weight excluding hydrogens is 182 g/mol. The van der Waals surface area contributed by atoms with Crippen LogP contribution in [0.25, 0.3) is 0 Å². The van der Waals surface area contributed by atoms with Crippen molar-refractivity contribution in [1.82, 2.24) is 0 Å². The lowest BCUT2D eigenvalue weighted by molar-refractivity contribution is 0.590. The average molecular weight is 203 g/mol. The zero-order valence-corrected chi connectivity index (χ0v) is 10.2. The van der Waals surface area contributed by atoms with Gasteiger partial charge in [-0.25, -0.2) is 0 Å². The van der Waals surface area contributed by atoms with E-state index in [1.165, 1.54) is 29.7 Å². The number of nitrogens with one attached hydrogen (secondary N) is 1. The Morgan fingerprint density at radius 1 is 1.20 bits per heavy atom. The van der Waals surface area contributed by atoms with Crippen molar-refractivity contribution in [2.45, 2.75) is 52.0 Å². The van der Waals surface area contributed by atoms with Gasteiger partial charge in [0.2, 0.25) is 0 Å². The van der Waals surface area contributed by atoms with E-state index in [1.54, 1.807) is 0 Å². The third-order valence-electron chi connectivity index (χ3n) is 3.04. The third-order valence-corrected chi connectivity index (χ3v) is 3.04. The van der Waals surface area contributed by atoms with E-state index in [2.05, 4.69) is 51.2 Å². The van der Waals surface area contributed by atoms with Gasteiger partial charge in [0.05, 0.1) is 0 Å². The summed E-state index contributed by atoms with van der Waals surface area (Å²) in [6.45, 7) is 8.97. The minimum absolute atomic E-state index is 0.244. The van der Waals surface area contributed by atoms with Gasteiger partial charge < -0.3 is 5.32 Å². The summed E-state index contributed by atoms with van der Waals surface area (Å²) in [5.74, 6) is 0. The second kappa shape index (κ2) is 3.55. The summed E-state index contributed by atoms with van der Waals surface area (Å²) >= 11 is 0. The van der Waals surface area contributed by atoms with Gasteiger partial charge in [-0.15, -0.1) is 0 Å². The van der Waals surface area contributed by atoms with Gasteiger partial charge in [-0.1, -0.05) is 32.9 Å². The summed E-state index contributed by atoms with van der Waals surface area (Å²) in [5, 5.41) is 3.60. The number of rotatable bonds is 2. The molecule has 1 heteroatoms. The van der Waals surface area contributed by atoms with Gasteiger partial charge in [0, 0.05) is 11.7 Å². The molecule has 0 atom stereocenters. The molecule has 0 saturated heterocycles. The summed E-state index contributed by atoms with van der Waals surface area (Å²) in [4.78, 5) is 0. The van der Waals surface area contributed by atoms with Crippen molar-refractivity contribution < 1.29 is 0 Å². The highest BCUT2D eigenvalue weighted by molar-refractivity contribution is 5.55. The number of aryl methyl sites for hydroxylation is 1. The molecule has 1 N–H and O–H groups in total. The molecule has 0 radical (unpaired) electrons. The molecule has 15 heavy (non-hydrogen) atoms. The quantitative estimate of drug-likeness (QED) is 0.769. The second-order valence-corrected chi connectivity index (χ2v) is 5.70. The Morgan fingerprint density at radius 3 is 2.40 bits per heavy atom. The molecule has 1 fully saturated rings. The lowest BCUT2D eigenvalue weighted by atomic mass is 9.86. The maximum atomic E-state index is 3.60. The van der Waals surface area contributed by atoms with E-state index in [4.69, 9.17) is 0 Å². The van der Waals surface area contributed by atoms with Crippen molar-refractivity contribution in [2.24, 2.45) is 0 Å². The molecular formula is C14H21N. The average Bonchev–Trinajstić information content (AvgIpc) is 2.90. The zero-order chi connectivity index (χ0) is 11.1. The summed E-state index contributed by atoms with van der Waals surface area (Å²) in [7, 11) is 0. The Kier molecular flexibility index (Phi) is 2.49. The first-order valence-corrected chi connectivity index (χ1v) is 5.84. The molecule has 1 aromatic carbocycles. The van der Waals surface area contributed by atoms with Crippen LogP contribution in [-0.2, 0) is 5.41 Å². The van der Waals surface area contributed by atoms with Gasteiger partial charge in [0.1, 0.15) is 0 Å². The smallest absolute Gasteiger partial charge is 0.0374 e. The Morgan fingerprint density at radius 2 is 1.87 bits per heavy atom. The number of benzene rings is 1. The molecule has 1 aliphatic rings. The number of anilines is 1. The fraction of sp³-hybridized carbons (Fsp3) is 0.571. The van der Waals surface area contributed by atoms with Crippen LogP contribution in [-0.4, -0.2) is 6.04 Å². The van der Waals surface area contributed by atoms with Crippen LogP contribution in [0.5, 0.6) is 0 Å². The first-order valence-electron chi connectivity index (χ1n) is 5.84. The van der Waals surface area contributed by atoms with Crippen LogP contribution in [0.2, 0.25) is 0 Å². The molecule has 1 aliphatic carbocycles. The Bertz CT molecular complexity index is 356. The van der Waals surface area contributed by atoms with Crippen LogP contribution in [0.15, 0.2) is 18.2 Å². The minimum Gasteiger partial charge on any atom is -0.382 e. The molecule has 0 spiro atoms. The standard InChI is InChI=1S/C14H21N/c1-10-5-6-11(14(2,3)4)9-13(10)15-12-7-8-12/h5-6,9,12,15H,7-8H2,1-4H3. The molecule has 0 aliphatic heterocycles. The van der Waals surface area contributed by atoms with Crippen LogP contribution in [0.4, 0.5) is 5.69 Å². The fourth-order valence-corrected chi connectivity index (χ4v) is 1.69. The Hall–Kier alpha value is -0.980. The third kappa shape index (κ3) is 2.53. The zero-order valence-electron chi connectivity index (χ0n) is 10.2. The largest absolute Gasteiger partial charge is 0.382 e. The summed E-state index contributed by atoms with van der Waals surface area (Å²) < 4.78 is 0. The first-order chi connectivity index (χ1) is 6.97. The molecule has 0 unspecified atom stereocenters. The SMILES string of the molecule is Cc1ccc(C(C)(C)C)cc1NC1CC1. The molecule has 0 heterocycles. The molecule has 0 aromatic heterocycles. The minimum atomic E-state index is 0.244. The molecule has 1 aromatic rings. The molecule has 2 rings (SSSR count). The number of hydrogen-bond donors (Lipinski definition) is 1. The van der Waals surface area contributed by atoms with Crippen LogP contribution in [0, 0.1) is 6.92 Å². The van der Waals surface area contributed by atoms with E-state index in [1.807, 2.05) is 0 Å². The normalized spacial score (nSPS) is 16.5. The van der Waals surface area contributed by atoms with Crippen molar-refractivity contribution in [3.63, 3.8) is 0 Å². The highest BCUT2D eigenvalue weighted by atomic mass is 15.0. The van der Waals surface area contributed by atoms with Gasteiger partial charge in [-0.05, 0) is 42.4 Å². The van der Waals surface area contributed by atoms with Crippen molar-refractivity contribution >= 4 is 5.69 Å². The first kappa shape index (κ1) is 10.5. The van der Waals surface area contributed by atoms with E-state index < -0.39 is 0 Å². The highest BCUT2D eigenvalue weighted by Crippen LogP contribution is 2.30. The van der Waals surface area contributed by atoms with Crippen molar-refractivity contribution in [2.75, 3.05) is 5.32 Å². The van der Waals surface area contributed by atoms with E-state index in [0.29, 0.717) is 0 Å². The topological polar surface area (TPSA) is 12.0 Å². The fourth-order valence-electron chi connectivity index (χ4n) is 1.69. The van der Waals surface area contributed by atoms with E-state index >= 15 is 0 Å². The molecule has 82 valence electrons. The van der Waals surface area contributed by atoms with Gasteiger partial charge in [-0.2, -0.15) is 0 Å². The maximum absolute atomic E-state index is 3.60. The Labute approximate surface area is 92.9 Å². The maximum Gasteiger partial charge on any atom is 0.0374 e. The number of hydrogen-bond acceptors (Lipinski definition) is 1. The van der Waals surface area contributed by atoms with Crippen molar-refractivity contribution in [3.05, 3.63) is 29.3 Å². The predicted octanol–water partition coefficient (Wildman–Crippen LogP) is 3.87. The van der Waals surface area contributed by atoms with Gasteiger partial charge in [-0.3, -0.25) is 0 Å². The molecule has 0 amide bonds. The lowest BCUT2D eigenvalue weighted by Crippen LogP contribution is -2.12. The molecule has 0 bridgehead atoms. The van der Waals surface area contributed by atoms with E-state index in [0.717, 1.165) is 6.04 Å².